The average Bonchev–Trinajstić information content (AvgIpc) is 3.15. The zero-order valence-corrected chi connectivity index (χ0v) is 17.6. The molecule has 0 radical (unpaired) electrons. The Morgan fingerprint density at radius 1 is 1.28 bits per heavy atom. The van der Waals surface area contributed by atoms with Gasteiger partial charge in [-0.3, -0.25) is 9.78 Å². The highest BCUT2D eigenvalue weighted by Gasteiger charge is 2.51. The highest BCUT2D eigenvalue weighted by Crippen LogP contribution is 2.56. The lowest BCUT2D eigenvalue weighted by atomic mass is 9.88. The van der Waals surface area contributed by atoms with E-state index in [1.54, 1.807) is 18.3 Å². The summed E-state index contributed by atoms with van der Waals surface area (Å²) in [7, 11) is 0. The van der Waals surface area contributed by atoms with Gasteiger partial charge in [0.05, 0.1) is 17.3 Å². The molecule has 0 saturated heterocycles. The van der Waals surface area contributed by atoms with Crippen molar-refractivity contribution in [3.05, 3.63) is 41.8 Å². The van der Waals surface area contributed by atoms with Crippen LogP contribution in [0.3, 0.4) is 0 Å². The third-order valence-corrected chi connectivity index (χ3v) is 7.21. The minimum atomic E-state index is -1.44. The van der Waals surface area contributed by atoms with Gasteiger partial charge in [0, 0.05) is 17.6 Å². The number of hydrogen-bond acceptors (Lipinski definition) is 2. The van der Waals surface area contributed by atoms with Gasteiger partial charge in [-0.25, -0.2) is 8.78 Å². The average molecular weight is 421 g/mol. The van der Waals surface area contributed by atoms with E-state index in [1.807, 2.05) is 19.9 Å². The van der Waals surface area contributed by atoms with Crippen LogP contribution in [0.1, 0.15) is 57.4 Å². The van der Waals surface area contributed by atoms with Gasteiger partial charge in [-0.1, -0.05) is 0 Å². The second kappa shape index (κ2) is 7.82. The number of nitrogens with one attached hydrogen (secondary N) is 1. The first-order valence-electron chi connectivity index (χ1n) is 10.4. The van der Waals surface area contributed by atoms with Crippen LogP contribution in [0, 0.1) is 17.7 Å². The summed E-state index contributed by atoms with van der Waals surface area (Å²) in [6.45, 7) is 3.64. The molecule has 0 bridgehead atoms. The summed E-state index contributed by atoms with van der Waals surface area (Å²) in [6, 6.07) is 6.47. The van der Waals surface area contributed by atoms with Crippen LogP contribution in [-0.2, 0) is 4.79 Å². The van der Waals surface area contributed by atoms with E-state index in [9.17, 15) is 9.18 Å². The van der Waals surface area contributed by atoms with Gasteiger partial charge >= 0.3 is 0 Å². The summed E-state index contributed by atoms with van der Waals surface area (Å²) in [4.78, 5) is 16.6. The number of carbonyl (C=O) groups excluding carboxylic acids is 1. The van der Waals surface area contributed by atoms with Crippen molar-refractivity contribution in [3.63, 3.8) is 0 Å². The molecule has 1 aromatic carbocycles. The Morgan fingerprint density at radius 2 is 1.97 bits per heavy atom. The fourth-order valence-corrected chi connectivity index (χ4v) is 5.40. The quantitative estimate of drug-likeness (QED) is 0.648. The molecule has 1 aromatic heterocycles. The second-order valence-corrected chi connectivity index (χ2v) is 9.71. The van der Waals surface area contributed by atoms with E-state index in [4.69, 9.17) is 11.6 Å². The van der Waals surface area contributed by atoms with Gasteiger partial charge in [0.25, 0.3) is 0 Å². The number of aromatic nitrogens is 1. The first-order chi connectivity index (χ1) is 13.7. The normalized spacial score (nSPS) is 30.9. The number of hydrogen-bond donors (Lipinski definition) is 1. The van der Waals surface area contributed by atoms with E-state index in [2.05, 4.69) is 10.3 Å². The molecule has 2 aliphatic carbocycles. The molecule has 1 amide bonds. The maximum absolute atomic E-state index is 15.4. The Labute approximate surface area is 175 Å². The first kappa shape index (κ1) is 20.5. The van der Waals surface area contributed by atoms with Crippen molar-refractivity contribution in [1.29, 1.82) is 0 Å². The second-order valence-electron chi connectivity index (χ2n) is 9.02. The number of benzene rings is 1. The molecule has 1 heterocycles. The van der Waals surface area contributed by atoms with Gasteiger partial charge in [-0.2, -0.15) is 0 Å². The number of rotatable bonds is 5. The lowest BCUT2D eigenvalue weighted by Gasteiger charge is -2.24. The predicted molar refractivity (Wildman–Crippen MR) is 111 cm³/mol. The Hall–Kier alpha value is -1.75. The van der Waals surface area contributed by atoms with Crippen molar-refractivity contribution < 1.29 is 13.6 Å². The fourth-order valence-electron chi connectivity index (χ4n) is 5.34. The van der Waals surface area contributed by atoms with Crippen LogP contribution in [0.4, 0.5) is 8.78 Å². The number of pyridine rings is 1. The van der Waals surface area contributed by atoms with Crippen molar-refractivity contribution in [2.75, 3.05) is 0 Å². The van der Waals surface area contributed by atoms with Gasteiger partial charge in [-0.15, -0.1) is 11.6 Å². The Balaban J connectivity index is 1.43. The van der Waals surface area contributed by atoms with E-state index in [0.717, 1.165) is 29.3 Å². The van der Waals surface area contributed by atoms with Crippen molar-refractivity contribution in [1.82, 2.24) is 10.3 Å². The van der Waals surface area contributed by atoms with Crippen LogP contribution < -0.4 is 5.32 Å². The summed E-state index contributed by atoms with van der Waals surface area (Å²) in [5.74, 6) is 0.282. The lowest BCUT2D eigenvalue weighted by molar-refractivity contribution is -0.124. The number of fused-ring (bicyclic) bond motifs is 2. The molecule has 0 spiro atoms. The lowest BCUT2D eigenvalue weighted by Crippen LogP contribution is -2.40. The van der Waals surface area contributed by atoms with E-state index in [0.29, 0.717) is 12.8 Å². The largest absolute Gasteiger partial charge is 0.352 e. The van der Waals surface area contributed by atoms with Gasteiger partial charge in [0.1, 0.15) is 11.5 Å². The number of alkyl halides is 2. The minimum absolute atomic E-state index is 0.0952. The summed E-state index contributed by atoms with van der Waals surface area (Å²) >= 11 is 5.99. The molecular formula is C23H27ClF2N2O. The molecule has 156 valence electrons. The maximum atomic E-state index is 15.4. The standard InChI is InChI=1S/C23H27ClF2N2O/c1-13(24)14(2)28-22(29)12-23(26)10-16-7-15(8-17(16)11-23)19-5-6-27-21-4-3-18(25)9-20(19)21/h3-6,9,13-17H,7-8,10-12H2,1-2H3,(H,28,29)/t13-,14?,15?,16+,17?,23?/m0/s1. The summed E-state index contributed by atoms with van der Waals surface area (Å²) in [5, 5.41) is 3.46. The molecule has 0 aliphatic heterocycles. The zero-order valence-electron chi connectivity index (χ0n) is 16.8. The summed E-state index contributed by atoms with van der Waals surface area (Å²) in [6.07, 6.45) is 4.27. The zero-order chi connectivity index (χ0) is 20.8. The molecule has 2 fully saturated rings. The SMILES string of the molecule is CC(NC(=O)CC1(F)CC2CC(c3ccnc4ccc(F)cc34)C[C@@H]2C1)[C@H](C)Cl. The van der Waals surface area contributed by atoms with Crippen molar-refractivity contribution in [2.45, 2.75) is 69.0 Å². The van der Waals surface area contributed by atoms with Crippen LogP contribution in [0.5, 0.6) is 0 Å². The molecule has 4 rings (SSSR count). The highest BCUT2D eigenvalue weighted by molar-refractivity contribution is 6.20. The molecule has 2 saturated carbocycles. The molecule has 2 aromatic rings. The van der Waals surface area contributed by atoms with E-state index >= 15 is 4.39 Å². The number of amides is 1. The van der Waals surface area contributed by atoms with Crippen LogP contribution >= 0.6 is 11.6 Å². The third-order valence-electron chi connectivity index (χ3n) is 6.83. The Kier molecular flexibility index (Phi) is 5.54. The fraction of sp³-hybridized carbons (Fsp3) is 0.565. The Morgan fingerprint density at radius 3 is 2.62 bits per heavy atom. The number of nitrogens with zero attached hydrogens (tertiary/aromatic N) is 1. The molecule has 29 heavy (non-hydrogen) atoms. The van der Waals surface area contributed by atoms with Crippen molar-refractivity contribution >= 4 is 28.4 Å². The van der Waals surface area contributed by atoms with Crippen LogP contribution in [-0.4, -0.2) is 28.0 Å². The van der Waals surface area contributed by atoms with Crippen molar-refractivity contribution in [3.8, 4) is 0 Å². The molecule has 2 aliphatic rings. The number of halogens is 3. The topological polar surface area (TPSA) is 42.0 Å². The highest BCUT2D eigenvalue weighted by atomic mass is 35.5. The monoisotopic (exact) mass is 420 g/mol. The first-order valence-corrected chi connectivity index (χ1v) is 10.8. The minimum Gasteiger partial charge on any atom is -0.352 e. The predicted octanol–water partition coefficient (Wildman–Crippen LogP) is 5.51. The molecular weight excluding hydrogens is 394 g/mol. The summed E-state index contributed by atoms with van der Waals surface area (Å²) < 4.78 is 29.2. The smallest absolute Gasteiger partial charge is 0.223 e. The molecule has 6 heteroatoms. The molecule has 3 nitrogen and oxygen atoms in total. The Bertz CT molecular complexity index is 905. The maximum Gasteiger partial charge on any atom is 0.223 e. The van der Waals surface area contributed by atoms with Gasteiger partial charge in [0.2, 0.25) is 5.91 Å². The van der Waals surface area contributed by atoms with Crippen molar-refractivity contribution in [2.24, 2.45) is 11.8 Å². The van der Waals surface area contributed by atoms with Crippen LogP contribution in [0.25, 0.3) is 10.9 Å². The van der Waals surface area contributed by atoms with E-state index in [-0.39, 0.29) is 47.3 Å². The van der Waals surface area contributed by atoms with Crippen LogP contribution in [0.2, 0.25) is 0 Å². The van der Waals surface area contributed by atoms with Crippen LogP contribution in [0.15, 0.2) is 30.5 Å². The summed E-state index contributed by atoms with van der Waals surface area (Å²) in [5.41, 5.74) is 0.461. The third kappa shape index (κ3) is 4.25. The van der Waals surface area contributed by atoms with E-state index in [1.165, 1.54) is 6.07 Å². The molecule has 6 atom stereocenters. The number of carbonyl (C=O) groups is 1. The van der Waals surface area contributed by atoms with E-state index < -0.39 is 5.67 Å². The van der Waals surface area contributed by atoms with Gasteiger partial charge in [-0.05, 0) is 87.1 Å². The molecule has 4 unspecified atom stereocenters. The van der Waals surface area contributed by atoms with Gasteiger partial charge < -0.3 is 5.32 Å². The molecule has 1 N–H and O–H groups in total. The van der Waals surface area contributed by atoms with Gasteiger partial charge in [0.15, 0.2) is 0 Å².